The van der Waals surface area contributed by atoms with Gasteiger partial charge in [-0.3, -0.25) is 9.78 Å². The van der Waals surface area contributed by atoms with E-state index in [1.807, 2.05) is 0 Å². The second kappa shape index (κ2) is 9.14. The van der Waals surface area contributed by atoms with E-state index in [2.05, 4.69) is 9.97 Å². The molecule has 6 N–H and O–H groups in total. The Balaban J connectivity index is 0.000000377. The summed E-state index contributed by atoms with van der Waals surface area (Å²) in [6.07, 6.45) is 0. The third kappa shape index (κ3) is 7.16. The molecule has 0 aliphatic carbocycles. The van der Waals surface area contributed by atoms with E-state index in [1.54, 1.807) is 24.3 Å². The molecule has 2 aromatic rings. The summed E-state index contributed by atoms with van der Waals surface area (Å²) in [6.45, 7) is 0. The van der Waals surface area contributed by atoms with Crippen molar-refractivity contribution >= 4 is 34.8 Å². The molecule has 0 saturated carbocycles. The van der Waals surface area contributed by atoms with Crippen LogP contribution in [0.25, 0.3) is 10.9 Å². The average Bonchev–Trinajstić information content (AvgIpc) is 2.48. The van der Waals surface area contributed by atoms with Gasteiger partial charge >= 0.3 is 29.6 Å². The Kier molecular flexibility index (Phi) is 7.63. The maximum atomic E-state index is 11.1. The summed E-state index contributed by atoms with van der Waals surface area (Å²) in [6, 6.07) is 6.85. The lowest BCUT2D eigenvalue weighted by Gasteiger charge is -1.92. The lowest BCUT2D eigenvalue weighted by atomic mass is 10.2. The first kappa shape index (κ1) is 20.0. The molecular formula is C12H10N2O10. The van der Waals surface area contributed by atoms with Crippen molar-refractivity contribution in [2.75, 3.05) is 0 Å². The Morgan fingerprint density at radius 3 is 1.54 bits per heavy atom. The monoisotopic (exact) mass is 342 g/mol. The van der Waals surface area contributed by atoms with Gasteiger partial charge in [-0.15, -0.1) is 0 Å². The molecule has 1 heterocycles. The van der Waals surface area contributed by atoms with Gasteiger partial charge in [-0.2, -0.15) is 0 Å². The van der Waals surface area contributed by atoms with E-state index in [1.165, 1.54) is 0 Å². The lowest BCUT2D eigenvalue weighted by molar-refractivity contribution is -0.159. The van der Waals surface area contributed by atoms with Crippen LogP contribution in [0.15, 0.2) is 33.9 Å². The first-order chi connectivity index (χ1) is 11.1. The van der Waals surface area contributed by atoms with Gasteiger partial charge in [-0.1, -0.05) is 12.1 Å². The molecule has 128 valence electrons. The second-order valence-corrected chi connectivity index (χ2v) is 3.67. The molecule has 1 aromatic carbocycles. The number of carboxylic acid groups (broad SMARTS) is 4. The number of benzene rings is 1. The summed E-state index contributed by atoms with van der Waals surface area (Å²) in [4.78, 5) is 63.0. The second-order valence-electron chi connectivity index (χ2n) is 3.67. The van der Waals surface area contributed by atoms with Crippen LogP contribution in [0.3, 0.4) is 0 Å². The third-order valence-corrected chi connectivity index (χ3v) is 2.01. The third-order valence-electron chi connectivity index (χ3n) is 2.01. The van der Waals surface area contributed by atoms with E-state index in [0.717, 1.165) is 0 Å². The molecule has 24 heavy (non-hydrogen) atoms. The number of aromatic nitrogens is 2. The topological polar surface area (TPSA) is 215 Å². The number of carbonyl (C=O) groups is 4. The number of para-hydroxylation sites is 1. The minimum Gasteiger partial charge on any atom is -0.473 e. The summed E-state index contributed by atoms with van der Waals surface area (Å²) in [5.41, 5.74) is -0.265. The van der Waals surface area contributed by atoms with Crippen molar-refractivity contribution in [1.29, 1.82) is 0 Å². The zero-order valence-corrected chi connectivity index (χ0v) is 11.5. The summed E-state index contributed by atoms with van der Waals surface area (Å²) >= 11 is 0. The summed E-state index contributed by atoms with van der Waals surface area (Å²) in [7, 11) is 0. The number of nitrogens with one attached hydrogen (secondary N) is 2. The predicted octanol–water partition coefficient (Wildman–Crippen LogP) is -1.47. The molecule has 0 amide bonds. The quantitative estimate of drug-likeness (QED) is 0.305. The lowest BCUT2D eigenvalue weighted by Crippen LogP contribution is -2.21. The number of aromatic amines is 2. The van der Waals surface area contributed by atoms with Crippen LogP contribution in [-0.2, 0) is 19.2 Å². The molecule has 2 rings (SSSR count). The zero-order valence-electron chi connectivity index (χ0n) is 11.5. The van der Waals surface area contributed by atoms with Crippen LogP contribution in [0.4, 0.5) is 0 Å². The Bertz CT molecular complexity index is 831. The van der Waals surface area contributed by atoms with E-state index in [4.69, 9.17) is 39.6 Å². The van der Waals surface area contributed by atoms with Crippen molar-refractivity contribution in [2.24, 2.45) is 0 Å². The van der Waals surface area contributed by atoms with Crippen molar-refractivity contribution in [3.63, 3.8) is 0 Å². The number of aliphatic carboxylic acids is 4. The predicted molar refractivity (Wildman–Crippen MR) is 75.7 cm³/mol. The minimum atomic E-state index is -1.82. The van der Waals surface area contributed by atoms with Gasteiger partial charge in [0, 0.05) is 0 Å². The Morgan fingerprint density at radius 1 is 0.708 bits per heavy atom. The van der Waals surface area contributed by atoms with Crippen molar-refractivity contribution in [3.05, 3.63) is 45.1 Å². The Morgan fingerprint density at radius 2 is 1.12 bits per heavy atom. The number of rotatable bonds is 0. The molecule has 0 atom stereocenters. The average molecular weight is 342 g/mol. The first-order valence-electron chi connectivity index (χ1n) is 5.70. The fourth-order valence-corrected chi connectivity index (χ4v) is 1.11. The van der Waals surface area contributed by atoms with E-state index in [-0.39, 0.29) is 5.56 Å². The van der Waals surface area contributed by atoms with Gasteiger partial charge in [0.1, 0.15) is 0 Å². The highest BCUT2D eigenvalue weighted by Gasteiger charge is 2.04. The van der Waals surface area contributed by atoms with Crippen LogP contribution in [0, 0.1) is 0 Å². The maximum Gasteiger partial charge on any atom is 0.414 e. The van der Waals surface area contributed by atoms with Crippen LogP contribution in [0.5, 0.6) is 0 Å². The maximum absolute atomic E-state index is 11.1. The standard InChI is InChI=1S/C8H6N2O2.2C2H2O4/c11-7-5-3-1-2-4-6(5)9-8(12)10-7;2*3-1(4)2(5)6/h1-4H,(H2,9,10,11,12);2*(H,3,4)(H,5,6). The smallest absolute Gasteiger partial charge is 0.414 e. The molecule has 0 spiro atoms. The summed E-state index contributed by atoms with van der Waals surface area (Å²) < 4.78 is 0. The molecule has 0 fully saturated rings. The van der Waals surface area contributed by atoms with Gasteiger partial charge in [0.15, 0.2) is 0 Å². The fraction of sp³-hybridized carbons (Fsp3) is 0. The molecule has 0 unspecified atom stereocenters. The minimum absolute atomic E-state index is 0.352. The van der Waals surface area contributed by atoms with E-state index in [0.29, 0.717) is 10.9 Å². The molecule has 12 nitrogen and oxygen atoms in total. The van der Waals surface area contributed by atoms with Crippen molar-refractivity contribution < 1.29 is 39.6 Å². The van der Waals surface area contributed by atoms with Gasteiger partial charge in [-0.05, 0) is 12.1 Å². The molecule has 0 aliphatic heterocycles. The highest BCUT2D eigenvalue weighted by atomic mass is 16.4. The van der Waals surface area contributed by atoms with Crippen LogP contribution in [-0.4, -0.2) is 54.3 Å². The summed E-state index contributed by atoms with van der Waals surface area (Å²) in [5, 5.41) is 30.1. The van der Waals surface area contributed by atoms with E-state index < -0.39 is 29.6 Å². The SMILES string of the molecule is O=C(O)C(=O)O.O=C(O)C(=O)O.O=c1[nH]c(=O)c2ccccc2[nH]1. The van der Waals surface area contributed by atoms with Crippen molar-refractivity contribution in [1.82, 2.24) is 9.97 Å². The van der Waals surface area contributed by atoms with E-state index >= 15 is 0 Å². The molecule has 1 aromatic heterocycles. The van der Waals surface area contributed by atoms with Crippen LogP contribution < -0.4 is 11.2 Å². The van der Waals surface area contributed by atoms with E-state index in [9.17, 15) is 9.59 Å². The number of carboxylic acids is 4. The van der Waals surface area contributed by atoms with Gasteiger partial charge in [0.25, 0.3) is 5.56 Å². The van der Waals surface area contributed by atoms with Gasteiger partial charge in [0.2, 0.25) is 0 Å². The molecule has 0 saturated heterocycles. The normalized spacial score (nSPS) is 8.83. The highest BCUT2D eigenvalue weighted by Crippen LogP contribution is 2.01. The van der Waals surface area contributed by atoms with Gasteiger partial charge in [0.05, 0.1) is 10.9 Å². The highest BCUT2D eigenvalue weighted by molar-refractivity contribution is 6.27. The number of hydrogen-bond donors (Lipinski definition) is 6. The molecule has 12 heteroatoms. The first-order valence-corrected chi connectivity index (χ1v) is 5.70. The number of fused-ring (bicyclic) bond motifs is 1. The van der Waals surface area contributed by atoms with Crippen molar-refractivity contribution in [2.45, 2.75) is 0 Å². The summed E-state index contributed by atoms with van der Waals surface area (Å²) in [5.74, 6) is -7.30. The molecule has 0 bridgehead atoms. The van der Waals surface area contributed by atoms with Gasteiger partial charge < -0.3 is 25.4 Å². The largest absolute Gasteiger partial charge is 0.473 e. The molecule has 0 aliphatic rings. The fourth-order valence-electron chi connectivity index (χ4n) is 1.11. The molecular weight excluding hydrogens is 332 g/mol. The van der Waals surface area contributed by atoms with Crippen molar-refractivity contribution in [3.8, 4) is 0 Å². The Hall–Kier alpha value is -3.96. The number of hydrogen-bond acceptors (Lipinski definition) is 6. The van der Waals surface area contributed by atoms with Crippen LogP contribution >= 0.6 is 0 Å². The Labute approximate surface area is 130 Å². The van der Waals surface area contributed by atoms with Gasteiger partial charge in [-0.25, -0.2) is 24.0 Å². The molecule has 0 radical (unpaired) electrons. The number of H-pyrrole nitrogens is 2. The van der Waals surface area contributed by atoms with Crippen LogP contribution in [0.1, 0.15) is 0 Å². The zero-order chi connectivity index (χ0) is 18.9. The van der Waals surface area contributed by atoms with Crippen LogP contribution in [0.2, 0.25) is 0 Å².